The van der Waals surface area contributed by atoms with Gasteiger partial charge in [-0.2, -0.15) is 0 Å². The Kier molecular flexibility index (Phi) is 7.50. The third kappa shape index (κ3) is 6.40. The number of hydrogen-bond acceptors (Lipinski definition) is 7. The molecule has 0 aliphatic carbocycles. The second kappa shape index (κ2) is 12.0. The van der Waals surface area contributed by atoms with Crippen molar-refractivity contribution >= 4 is 5.97 Å². The van der Waals surface area contributed by atoms with Crippen molar-refractivity contribution in [1.29, 1.82) is 0 Å². The lowest BCUT2D eigenvalue weighted by molar-refractivity contribution is 0.0697. The second-order valence-corrected chi connectivity index (χ2v) is 9.10. The molecular weight excluding hydrogens is 530 g/mol. The summed E-state index contributed by atoms with van der Waals surface area (Å²) in [4.78, 5) is 24.1. The van der Waals surface area contributed by atoms with Crippen molar-refractivity contribution in [2.45, 2.75) is 0 Å². The number of aromatic carboxylic acids is 1. The number of carboxylic acids is 1. The van der Waals surface area contributed by atoms with E-state index in [1.54, 1.807) is 0 Å². The first-order valence-electron chi connectivity index (χ1n) is 13.0. The zero-order valence-electron chi connectivity index (χ0n) is 22.1. The number of carboxylic acid groups (broad SMARTS) is 1. The van der Waals surface area contributed by atoms with E-state index in [0.29, 0.717) is 17.2 Å². The molecule has 0 unspecified atom stereocenters. The van der Waals surface area contributed by atoms with Gasteiger partial charge in [-0.25, -0.2) is 4.79 Å². The van der Waals surface area contributed by atoms with E-state index in [2.05, 4.69) is 15.0 Å². The van der Waals surface area contributed by atoms with Crippen molar-refractivity contribution in [2.24, 2.45) is 0 Å². The molecule has 8 nitrogen and oxygen atoms in total. The summed E-state index contributed by atoms with van der Waals surface area (Å²) < 4.78 is 17.7. The maximum absolute atomic E-state index is 11.2. The molecule has 1 N–H and O–H groups in total. The Morgan fingerprint density at radius 1 is 0.429 bits per heavy atom. The first-order valence-corrected chi connectivity index (χ1v) is 13.0. The van der Waals surface area contributed by atoms with Gasteiger partial charge in [-0.3, -0.25) is 0 Å². The lowest BCUT2D eigenvalue weighted by Crippen LogP contribution is -2.01. The van der Waals surface area contributed by atoms with Crippen LogP contribution in [-0.2, 0) is 0 Å². The van der Waals surface area contributed by atoms with E-state index in [4.69, 9.17) is 14.2 Å². The van der Waals surface area contributed by atoms with Crippen LogP contribution < -0.4 is 14.2 Å². The van der Waals surface area contributed by atoms with Crippen LogP contribution >= 0.6 is 0 Å². The smallest absolute Gasteiger partial charge is 0.335 e. The minimum absolute atomic E-state index is 0.0366. The molecule has 0 spiro atoms. The summed E-state index contributed by atoms with van der Waals surface area (Å²) in [6.07, 6.45) is 0. The van der Waals surface area contributed by atoms with Gasteiger partial charge in [0, 0.05) is 0 Å². The fourth-order valence-electron chi connectivity index (χ4n) is 4.13. The SMILES string of the molecule is O=C(O)c1ccc(Oc2nc(Oc3ccc(-c4ccccc4)cc3)nc(Oc3ccc(-c4ccccc4)cc3)n2)cc1. The highest BCUT2D eigenvalue weighted by atomic mass is 16.5. The molecular formula is C34H23N3O5. The lowest BCUT2D eigenvalue weighted by atomic mass is 10.1. The van der Waals surface area contributed by atoms with Gasteiger partial charge in [0.25, 0.3) is 0 Å². The molecule has 8 heteroatoms. The van der Waals surface area contributed by atoms with E-state index in [1.165, 1.54) is 24.3 Å². The van der Waals surface area contributed by atoms with Gasteiger partial charge < -0.3 is 19.3 Å². The van der Waals surface area contributed by atoms with Gasteiger partial charge >= 0.3 is 24.0 Å². The summed E-state index contributed by atoms with van der Waals surface area (Å²) in [6.45, 7) is 0. The highest BCUT2D eigenvalue weighted by Gasteiger charge is 2.14. The maximum atomic E-state index is 11.2. The van der Waals surface area contributed by atoms with Crippen LogP contribution in [0.2, 0.25) is 0 Å². The molecule has 0 bridgehead atoms. The molecule has 1 heterocycles. The van der Waals surface area contributed by atoms with E-state index in [9.17, 15) is 9.90 Å². The molecule has 42 heavy (non-hydrogen) atoms. The van der Waals surface area contributed by atoms with E-state index in [-0.39, 0.29) is 23.6 Å². The fourth-order valence-corrected chi connectivity index (χ4v) is 4.13. The van der Waals surface area contributed by atoms with Gasteiger partial charge in [0.1, 0.15) is 17.2 Å². The molecule has 204 valence electrons. The van der Waals surface area contributed by atoms with Crippen molar-refractivity contribution in [3.8, 4) is 57.5 Å². The number of nitrogens with zero attached hydrogens (tertiary/aromatic N) is 3. The van der Waals surface area contributed by atoms with Crippen molar-refractivity contribution in [2.75, 3.05) is 0 Å². The molecule has 0 saturated heterocycles. The van der Waals surface area contributed by atoms with Crippen molar-refractivity contribution in [3.63, 3.8) is 0 Å². The van der Waals surface area contributed by atoms with E-state index >= 15 is 0 Å². The molecule has 1 aromatic heterocycles. The molecule has 0 radical (unpaired) electrons. The molecule has 0 fully saturated rings. The molecule has 5 aromatic carbocycles. The van der Waals surface area contributed by atoms with E-state index in [1.807, 2.05) is 109 Å². The van der Waals surface area contributed by atoms with Crippen molar-refractivity contribution < 1.29 is 24.1 Å². The van der Waals surface area contributed by atoms with Gasteiger partial charge in [0.2, 0.25) is 0 Å². The average Bonchev–Trinajstić information content (AvgIpc) is 3.03. The summed E-state index contributed by atoms with van der Waals surface area (Å²) in [5.74, 6) is 0.318. The zero-order valence-corrected chi connectivity index (χ0v) is 22.1. The Morgan fingerprint density at radius 3 is 1.07 bits per heavy atom. The second-order valence-electron chi connectivity index (χ2n) is 9.10. The topological polar surface area (TPSA) is 104 Å². The fraction of sp³-hybridized carbons (Fsp3) is 0. The summed E-state index contributed by atoms with van der Waals surface area (Å²) in [6, 6.07) is 40.8. The van der Waals surface area contributed by atoms with Crippen LogP contribution in [0, 0.1) is 0 Å². The van der Waals surface area contributed by atoms with Gasteiger partial charge in [-0.05, 0) is 70.8 Å². The van der Waals surface area contributed by atoms with Crippen molar-refractivity contribution in [3.05, 3.63) is 139 Å². The number of benzene rings is 5. The summed E-state index contributed by atoms with van der Waals surface area (Å²) in [5.41, 5.74) is 4.38. The molecule has 0 amide bonds. The standard InChI is InChI=1S/C34H23N3O5/c38-31(39)27-15-21-30(22-16-27)42-34-36-32(40-28-17-11-25(12-18-28)23-7-3-1-4-8-23)35-33(37-34)41-29-19-13-26(14-20-29)24-9-5-2-6-10-24/h1-22H,(H,38,39). The van der Waals surface area contributed by atoms with Gasteiger partial charge in [-0.15, -0.1) is 15.0 Å². The quantitative estimate of drug-likeness (QED) is 0.191. The predicted molar refractivity (Wildman–Crippen MR) is 157 cm³/mol. The number of ether oxygens (including phenoxy) is 3. The Balaban J connectivity index is 1.26. The normalized spacial score (nSPS) is 10.6. The molecule has 6 rings (SSSR count). The lowest BCUT2D eigenvalue weighted by Gasteiger charge is -2.10. The van der Waals surface area contributed by atoms with Crippen LogP contribution in [0.4, 0.5) is 0 Å². The van der Waals surface area contributed by atoms with Crippen LogP contribution in [-0.4, -0.2) is 26.0 Å². The van der Waals surface area contributed by atoms with Crippen LogP contribution in [0.1, 0.15) is 10.4 Å². The molecule has 0 aliphatic heterocycles. The van der Waals surface area contributed by atoms with Crippen LogP contribution in [0.25, 0.3) is 22.3 Å². The Morgan fingerprint density at radius 2 is 0.738 bits per heavy atom. The number of aromatic nitrogens is 3. The van der Waals surface area contributed by atoms with Gasteiger partial charge in [-0.1, -0.05) is 84.9 Å². The van der Waals surface area contributed by atoms with Crippen LogP contribution in [0.3, 0.4) is 0 Å². The first-order chi connectivity index (χ1) is 20.6. The highest BCUT2D eigenvalue weighted by molar-refractivity contribution is 5.87. The summed E-state index contributed by atoms with van der Waals surface area (Å²) in [5, 5.41) is 9.18. The predicted octanol–water partition coefficient (Wildman–Crippen LogP) is 8.28. The number of hydrogen-bond donors (Lipinski definition) is 1. The van der Waals surface area contributed by atoms with Gasteiger partial charge in [0.05, 0.1) is 5.56 Å². The van der Waals surface area contributed by atoms with E-state index < -0.39 is 5.97 Å². The average molecular weight is 554 g/mol. The van der Waals surface area contributed by atoms with Crippen LogP contribution in [0.15, 0.2) is 133 Å². The molecule has 0 saturated carbocycles. The largest absolute Gasteiger partial charge is 0.478 e. The van der Waals surface area contributed by atoms with Crippen molar-refractivity contribution in [1.82, 2.24) is 15.0 Å². The van der Waals surface area contributed by atoms with E-state index in [0.717, 1.165) is 22.3 Å². The molecule has 0 aliphatic rings. The minimum atomic E-state index is -1.04. The Labute approximate surface area is 241 Å². The number of carbonyl (C=O) groups is 1. The van der Waals surface area contributed by atoms with Crippen LogP contribution in [0.5, 0.6) is 35.3 Å². The highest BCUT2D eigenvalue weighted by Crippen LogP contribution is 2.29. The molecule has 0 atom stereocenters. The monoisotopic (exact) mass is 553 g/mol. The van der Waals surface area contributed by atoms with Gasteiger partial charge in [0.15, 0.2) is 0 Å². The molecule has 6 aromatic rings. The Hall–Kier alpha value is -6.02. The first kappa shape index (κ1) is 26.2. The summed E-state index contributed by atoms with van der Waals surface area (Å²) in [7, 11) is 0. The third-order valence-corrected chi connectivity index (χ3v) is 6.23. The maximum Gasteiger partial charge on any atom is 0.335 e. The minimum Gasteiger partial charge on any atom is -0.478 e. The summed E-state index contributed by atoms with van der Waals surface area (Å²) >= 11 is 0. The zero-order chi connectivity index (χ0) is 28.7. The third-order valence-electron chi connectivity index (χ3n) is 6.23. The Bertz CT molecular complexity index is 1690. The number of rotatable bonds is 9.